The van der Waals surface area contributed by atoms with Crippen molar-refractivity contribution in [3.8, 4) is 11.5 Å². The number of furan rings is 1. The Kier molecular flexibility index (Phi) is 3.63. The number of hydrogen-bond donors (Lipinski definition) is 1. The van der Waals surface area contributed by atoms with Crippen LogP contribution in [0.5, 0.6) is 11.5 Å². The number of para-hydroxylation sites is 2. The molecule has 0 spiro atoms. The molecule has 1 aromatic heterocycles. The van der Waals surface area contributed by atoms with Gasteiger partial charge in [0.2, 0.25) is 5.91 Å². The predicted octanol–water partition coefficient (Wildman–Crippen LogP) is 4.30. The largest absolute Gasteiger partial charge is 0.465 e. The van der Waals surface area contributed by atoms with Crippen LogP contribution < -0.4 is 10.1 Å². The standard InChI is InChI=1S/C20H15NO3/c22-19(12-11-14-6-5-13-23-14)21-20-15-7-1-3-9-17(15)24-18-10-4-2-8-16(18)20/h1-13,20H,(H,21,22)/b12-11-. The van der Waals surface area contributed by atoms with Crippen LogP contribution in [-0.4, -0.2) is 5.91 Å². The Balaban J connectivity index is 1.64. The van der Waals surface area contributed by atoms with E-state index in [1.165, 1.54) is 6.08 Å². The van der Waals surface area contributed by atoms with Gasteiger partial charge >= 0.3 is 0 Å². The summed E-state index contributed by atoms with van der Waals surface area (Å²) in [4.78, 5) is 12.3. The zero-order chi connectivity index (χ0) is 16.4. The lowest BCUT2D eigenvalue weighted by molar-refractivity contribution is -0.116. The van der Waals surface area contributed by atoms with E-state index in [-0.39, 0.29) is 11.9 Å². The van der Waals surface area contributed by atoms with E-state index >= 15 is 0 Å². The average molecular weight is 317 g/mol. The zero-order valence-corrected chi connectivity index (χ0v) is 12.8. The lowest BCUT2D eigenvalue weighted by Gasteiger charge is -2.28. The Hall–Kier alpha value is -3.27. The van der Waals surface area contributed by atoms with Gasteiger partial charge in [0.25, 0.3) is 0 Å². The van der Waals surface area contributed by atoms with Gasteiger partial charge in [-0.3, -0.25) is 4.79 Å². The highest BCUT2D eigenvalue weighted by molar-refractivity contribution is 5.92. The molecule has 4 rings (SSSR count). The number of hydrogen-bond acceptors (Lipinski definition) is 3. The molecule has 0 saturated heterocycles. The van der Waals surface area contributed by atoms with E-state index in [2.05, 4.69) is 5.32 Å². The van der Waals surface area contributed by atoms with Gasteiger partial charge in [-0.25, -0.2) is 0 Å². The molecule has 4 nitrogen and oxygen atoms in total. The second kappa shape index (κ2) is 6.08. The lowest BCUT2D eigenvalue weighted by Crippen LogP contribution is -2.29. The summed E-state index contributed by atoms with van der Waals surface area (Å²) < 4.78 is 11.1. The highest BCUT2D eigenvalue weighted by atomic mass is 16.5. The fraction of sp³-hybridized carbons (Fsp3) is 0.0500. The van der Waals surface area contributed by atoms with Crippen molar-refractivity contribution in [3.63, 3.8) is 0 Å². The Morgan fingerprint density at radius 1 is 0.917 bits per heavy atom. The molecule has 4 heteroatoms. The summed E-state index contributed by atoms with van der Waals surface area (Å²) in [7, 11) is 0. The van der Waals surface area contributed by atoms with Gasteiger partial charge in [0.05, 0.1) is 12.3 Å². The third-order valence-corrected chi connectivity index (χ3v) is 3.91. The highest BCUT2D eigenvalue weighted by Gasteiger charge is 2.27. The van der Waals surface area contributed by atoms with E-state index in [1.807, 2.05) is 48.5 Å². The molecule has 0 radical (unpaired) electrons. The summed E-state index contributed by atoms with van der Waals surface area (Å²) in [5.41, 5.74) is 1.88. The molecule has 2 aromatic carbocycles. The maximum atomic E-state index is 12.3. The molecule has 24 heavy (non-hydrogen) atoms. The molecule has 3 aromatic rings. The summed E-state index contributed by atoms with van der Waals surface area (Å²) in [6.07, 6.45) is 4.69. The molecule has 0 aliphatic carbocycles. The topological polar surface area (TPSA) is 51.5 Å². The van der Waals surface area contributed by atoms with Crippen molar-refractivity contribution in [1.82, 2.24) is 5.32 Å². The summed E-state index contributed by atoms with van der Waals surface area (Å²) in [5.74, 6) is 1.97. The maximum Gasteiger partial charge on any atom is 0.244 e. The first kappa shape index (κ1) is 14.3. The van der Waals surface area contributed by atoms with Crippen LogP contribution in [0.15, 0.2) is 77.4 Å². The average Bonchev–Trinajstić information content (AvgIpc) is 3.13. The van der Waals surface area contributed by atoms with Crippen LogP contribution in [0.25, 0.3) is 6.08 Å². The van der Waals surface area contributed by atoms with Crippen LogP contribution in [0.2, 0.25) is 0 Å². The van der Waals surface area contributed by atoms with Crippen LogP contribution in [0, 0.1) is 0 Å². The van der Waals surface area contributed by atoms with Crippen molar-refractivity contribution in [3.05, 3.63) is 89.9 Å². The summed E-state index contributed by atoms with van der Waals surface area (Å²) in [5, 5.41) is 3.05. The summed E-state index contributed by atoms with van der Waals surface area (Å²) in [6.45, 7) is 0. The second-order valence-corrected chi connectivity index (χ2v) is 5.47. The van der Waals surface area contributed by atoms with Gasteiger partial charge in [0, 0.05) is 17.2 Å². The van der Waals surface area contributed by atoms with Gasteiger partial charge in [0.1, 0.15) is 17.3 Å². The molecule has 2 heterocycles. The number of fused-ring (bicyclic) bond motifs is 2. The Labute approximate surface area is 139 Å². The van der Waals surface area contributed by atoms with Crippen molar-refractivity contribution in [2.24, 2.45) is 0 Å². The van der Waals surface area contributed by atoms with E-state index < -0.39 is 0 Å². The fourth-order valence-corrected chi connectivity index (χ4v) is 2.80. The third-order valence-electron chi connectivity index (χ3n) is 3.91. The number of ether oxygens (including phenoxy) is 1. The maximum absolute atomic E-state index is 12.3. The quantitative estimate of drug-likeness (QED) is 0.733. The summed E-state index contributed by atoms with van der Waals surface area (Å²) in [6, 6.07) is 18.8. The molecular weight excluding hydrogens is 302 g/mol. The minimum absolute atomic E-state index is 0.192. The van der Waals surface area contributed by atoms with E-state index in [9.17, 15) is 4.79 Å². The van der Waals surface area contributed by atoms with Gasteiger partial charge in [-0.2, -0.15) is 0 Å². The van der Waals surface area contributed by atoms with Crippen LogP contribution in [0.3, 0.4) is 0 Å². The zero-order valence-electron chi connectivity index (χ0n) is 12.8. The van der Waals surface area contributed by atoms with E-state index in [4.69, 9.17) is 9.15 Å². The molecule has 0 unspecified atom stereocenters. The van der Waals surface area contributed by atoms with Crippen LogP contribution >= 0.6 is 0 Å². The van der Waals surface area contributed by atoms with Crippen LogP contribution in [0.1, 0.15) is 22.9 Å². The molecular formula is C20H15NO3. The van der Waals surface area contributed by atoms with Gasteiger partial charge < -0.3 is 14.5 Å². The monoisotopic (exact) mass is 317 g/mol. The number of carbonyl (C=O) groups excluding carboxylic acids is 1. The third kappa shape index (κ3) is 2.70. The van der Waals surface area contributed by atoms with E-state index in [0.29, 0.717) is 5.76 Å². The SMILES string of the molecule is O=C(/C=C\c1ccco1)NC1c2ccccc2Oc2ccccc21. The number of rotatable bonds is 3. The molecule has 0 saturated carbocycles. The molecule has 118 valence electrons. The first-order valence-electron chi connectivity index (χ1n) is 7.69. The van der Waals surface area contributed by atoms with Gasteiger partial charge in [-0.05, 0) is 30.3 Å². The van der Waals surface area contributed by atoms with Crippen LogP contribution in [-0.2, 0) is 4.79 Å². The molecule has 1 N–H and O–H groups in total. The summed E-state index contributed by atoms with van der Waals surface area (Å²) >= 11 is 0. The minimum Gasteiger partial charge on any atom is -0.465 e. The number of amides is 1. The van der Waals surface area contributed by atoms with Gasteiger partial charge in [-0.15, -0.1) is 0 Å². The molecule has 1 aliphatic heterocycles. The molecule has 1 aliphatic rings. The fourth-order valence-electron chi connectivity index (χ4n) is 2.80. The Bertz CT molecular complexity index is 851. The van der Waals surface area contributed by atoms with Crippen molar-refractivity contribution in [2.45, 2.75) is 6.04 Å². The van der Waals surface area contributed by atoms with Gasteiger partial charge in [-0.1, -0.05) is 36.4 Å². The van der Waals surface area contributed by atoms with E-state index in [0.717, 1.165) is 22.6 Å². The molecule has 0 bridgehead atoms. The second-order valence-electron chi connectivity index (χ2n) is 5.47. The van der Waals surface area contributed by atoms with E-state index in [1.54, 1.807) is 24.5 Å². The van der Waals surface area contributed by atoms with Crippen molar-refractivity contribution in [1.29, 1.82) is 0 Å². The number of nitrogens with one attached hydrogen (secondary N) is 1. The molecule has 0 fully saturated rings. The first-order chi connectivity index (χ1) is 11.8. The smallest absolute Gasteiger partial charge is 0.244 e. The Morgan fingerprint density at radius 2 is 1.58 bits per heavy atom. The number of benzene rings is 2. The van der Waals surface area contributed by atoms with Crippen LogP contribution in [0.4, 0.5) is 0 Å². The minimum atomic E-state index is -0.250. The highest BCUT2D eigenvalue weighted by Crippen LogP contribution is 2.42. The predicted molar refractivity (Wildman–Crippen MR) is 90.7 cm³/mol. The molecule has 0 atom stereocenters. The van der Waals surface area contributed by atoms with Gasteiger partial charge in [0.15, 0.2) is 0 Å². The van der Waals surface area contributed by atoms with Crippen molar-refractivity contribution >= 4 is 12.0 Å². The van der Waals surface area contributed by atoms with Crippen molar-refractivity contribution in [2.75, 3.05) is 0 Å². The Morgan fingerprint density at radius 3 is 2.21 bits per heavy atom. The lowest BCUT2D eigenvalue weighted by atomic mass is 9.94. The first-order valence-corrected chi connectivity index (χ1v) is 7.69. The molecule has 1 amide bonds. The number of carbonyl (C=O) groups is 1. The normalized spacial score (nSPS) is 13.2. The van der Waals surface area contributed by atoms with Crippen molar-refractivity contribution < 1.29 is 13.9 Å².